The van der Waals surface area contributed by atoms with Gasteiger partial charge in [-0.05, 0) is 36.8 Å². The van der Waals surface area contributed by atoms with E-state index in [1.807, 2.05) is 0 Å². The third-order valence-corrected chi connectivity index (χ3v) is 8.49. The van der Waals surface area contributed by atoms with Gasteiger partial charge in [0.1, 0.15) is 5.82 Å². The molecule has 0 spiro atoms. The van der Waals surface area contributed by atoms with Gasteiger partial charge in [0, 0.05) is 31.7 Å². The number of ketones is 1. The molecule has 0 atom stereocenters. The molecule has 10 heteroatoms. The molecular formula is C19H21FN2O5S2. The SMILES string of the molecule is CC(=O)c1ccc(S(=O)(=O)N2CCN(S(=O)(=O)Cc3cccc(F)c3)CC2)cc1. The molecule has 1 aliphatic heterocycles. The number of piperazine rings is 1. The van der Waals surface area contributed by atoms with Crippen molar-refractivity contribution in [2.45, 2.75) is 17.6 Å². The lowest BCUT2D eigenvalue weighted by Gasteiger charge is -2.33. The summed E-state index contributed by atoms with van der Waals surface area (Å²) in [5, 5.41) is 0. The predicted octanol–water partition coefficient (Wildman–Crippen LogP) is 1.86. The van der Waals surface area contributed by atoms with Crippen LogP contribution in [0.1, 0.15) is 22.8 Å². The summed E-state index contributed by atoms with van der Waals surface area (Å²) in [7, 11) is -7.48. The predicted molar refractivity (Wildman–Crippen MR) is 106 cm³/mol. The van der Waals surface area contributed by atoms with Crippen molar-refractivity contribution >= 4 is 25.8 Å². The zero-order valence-corrected chi connectivity index (χ0v) is 17.4. The Morgan fingerprint density at radius 1 is 0.931 bits per heavy atom. The fourth-order valence-corrected chi connectivity index (χ4v) is 6.05. The van der Waals surface area contributed by atoms with E-state index in [-0.39, 0.29) is 42.6 Å². The van der Waals surface area contributed by atoms with E-state index in [0.717, 1.165) is 0 Å². The molecule has 7 nitrogen and oxygen atoms in total. The Bertz CT molecular complexity index is 1110. The number of rotatable bonds is 6. The summed E-state index contributed by atoms with van der Waals surface area (Å²) < 4.78 is 66.5. The molecule has 29 heavy (non-hydrogen) atoms. The molecule has 1 saturated heterocycles. The average molecular weight is 441 g/mol. The van der Waals surface area contributed by atoms with Crippen LogP contribution in [0.5, 0.6) is 0 Å². The van der Waals surface area contributed by atoms with Crippen LogP contribution in [0.4, 0.5) is 4.39 Å². The van der Waals surface area contributed by atoms with Crippen molar-refractivity contribution in [2.75, 3.05) is 26.2 Å². The summed E-state index contributed by atoms with van der Waals surface area (Å²) in [6, 6.07) is 11.0. The van der Waals surface area contributed by atoms with Gasteiger partial charge in [-0.2, -0.15) is 8.61 Å². The van der Waals surface area contributed by atoms with Crippen LogP contribution < -0.4 is 0 Å². The smallest absolute Gasteiger partial charge is 0.243 e. The van der Waals surface area contributed by atoms with E-state index in [2.05, 4.69) is 0 Å². The highest BCUT2D eigenvalue weighted by atomic mass is 32.2. The van der Waals surface area contributed by atoms with E-state index in [1.165, 1.54) is 64.1 Å². The first-order valence-corrected chi connectivity index (χ1v) is 12.0. The second kappa shape index (κ2) is 8.31. The van der Waals surface area contributed by atoms with Crippen molar-refractivity contribution in [3.8, 4) is 0 Å². The molecule has 2 aromatic carbocycles. The molecule has 3 rings (SSSR count). The number of carbonyl (C=O) groups excluding carboxylic acids is 1. The third-order valence-electron chi connectivity index (χ3n) is 4.73. The van der Waals surface area contributed by atoms with Crippen LogP contribution in [0.3, 0.4) is 0 Å². The van der Waals surface area contributed by atoms with E-state index in [4.69, 9.17) is 0 Å². The van der Waals surface area contributed by atoms with Crippen molar-refractivity contribution in [2.24, 2.45) is 0 Å². The van der Waals surface area contributed by atoms with E-state index < -0.39 is 25.9 Å². The molecule has 0 unspecified atom stereocenters. The quantitative estimate of drug-likeness (QED) is 0.640. The van der Waals surface area contributed by atoms with Gasteiger partial charge in [0.25, 0.3) is 0 Å². The van der Waals surface area contributed by atoms with Crippen molar-refractivity contribution in [3.63, 3.8) is 0 Å². The van der Waals surface area contributed by atoms with Gasteiger partial charge in [0.15, 0.2) is 5.78 Å². The second-order valence-corrected chi connectivity index (χ2v) is 10.7. The summed E-state index contributed by atoms with van der Waals surface area (Å²) >= 11 is 0. The molecule has 0 radical (unpaired) electrons. The van der Waals surface area contributed by atoms with Gasteiger partial charge in [-0.3, -0.25) is 4.79 Å². The van der Waals surface area contributed by atoms with Crippen LogP contribution in [0.25, 0.3) is 0 Å². The number of nitrogens with zero attached hydrogens (tertiary/aromatic N) is 2. The van der Waals surface area contributed by atoms with Gasteiger partial charge >= 0.3 is 0 Å². The normalized spacial score (nSPS) is 16.6. The molecule has 1 fully saturated rings. The number of halogens is 1. The minimum Gasteiger partial charge on any atom is -0.295 e. The van der Waals surface area contributed by atoms with Crippen molar-refractivity contribution in [3.05, 3.63) is 65.5 Å². The van der Waals surface area contributed by atoms with Crippen LogP contribution in [0.15, 0.2) is 53.4 Å². The molecule has 1 heterocycles. The van der Waals surface area contributed by atoms with E-state index in [9.17, 15) is 26.0 Å². The topological polar surface area (TPSA) is 91.8 Å². The second-order valence-electron chi connectivity index (χ2n) is 6.77. The van der Waals surface area contributed by atoms with Gasteiger partial charge < -0.3 is 0 Å². The lowest BCUT2D eigenvalue weighted by molar-refractivity contribution is 0.101. The average Bonchev–Trinajstić information content (AvgIpc) is 2.68. The molecule has 0 N–H and O–H groups in total. The van der Waals surface area contributed by atoms with Gasteiger partial charge in [0.2, 0.25) is 20.0 Å². The van der Waals surface area contributed by atoms with E-state index in [1.54, 1.807) is 0 Å². The largest absolute Gasteiger partial charge is 0.295 e. The number of hydrogen-bond acceptors (Lipinski definition) is 5. The molecule has 1 aliphatic rings. The Balaban J connectivity index is 1.68. The Morgan fingerprint density at radius 3 is 2.07 bits per heavy atom. The van der Waals surface area contributed by atoms with Crippen molar-refractivity contribution in [1.82, 2.24) is 8.61 Å². The van der Waals surface area contributed by atoms with Gasteiger partial charge in [0.05, 0.1) is 10.6 Å². The van der Waals surface area contributed by atoms with Crippen LogP contribution >= 0.6 is 0 Å². The third kappa shape index (κ3) is 4.89. The maximum absolute atomic E-state index is 13.3. The zero-order valence-electron chi connectivity index (χ0n) is 15.8. The van der Waals surface area contributed by atoms with Gasteiger partial charge in [-0.1, -0.05) is 24.3 Å². The number of hydrogen-bond donors (Lipinski definition) is 0. The fraction of sp³-hybridized carbons (Fsp3) is 0.316. The lowest BCUT2D eigenvalue weighted by Crippen LogP contribution is -2.50. The summed E-state index contributed by atoms with van der Waals surface area (Å²) in [4.78, 5) is 11.4. The molecule has 2 aromatic rings. The molecule has 0 bridgehead atoms. The number of carbonyl (C=O) groups is 1. The first kappa shape index (κ1) is 21.6. The molecular weight excluding hydrogens is 419 g/mol. The number of sulfonamides is 2. The minimum absolute atomic E-state index is 0.0131. The summed E-state index contributed by atoms with van der Waals surface area (Å²) in [5.41, 5.74) is 0.753. The standard InChI is InChI=1S/C19H21FN2O5S2/c1-15(23)17-5-7-19(8-6-17)29(26,27)22-11-9-21(10-12-22)28(24,25)14-16-3-2-4-18(20)13-16/h2-8,13H,9-12,14H2,1H3. The first-order valence-electron chi connectivity index (χ1n) is 8.93. The van der Waals surface area contributed by atoms with Crippen LogP contribution in [-0.2, 0) is 25.8 Å². The van der Waals surface area contributed by atoms with Crippen LogP contribution in [0, 0.1) is 5.82 Å². The van der Waals surface area contributed by atoms with Crippen LogP contribution in [0.2, 0.25) is 0 Å². The number of Topliss-reactive ketones (excluding diaryl/α,β-unsaturated/α-hetero) is 1. The Hall–Kier alpha value is -2.14. The Labute approximate surface area is 169 Å². The van der Waals surface area contributed by atoms with Gasteiger partial charge in [-0.15, -0.1) is 0 Å². The lowest BCUT2D eigenvalue weighted by atomic mass is 10.2. The zero-order chi connectivity index (χ0) is 21.2. The summed E-state index contributed by atoms with van der Waals surface area (Å²) in [5.74, 6) is -1.01. The highest BCUT2D eigenvalue weighted by Crippen LogP contribution is 2.21. The maximum atomic E-state index is 13.3. The number of benzene rings is 2. The van der Waals surface area contributed by atoms with Gasteiger partial charge in [-0.25, -0.2) is 21.2 Å². The molecule has 156 valence electrons. The van der Waals surface area contributed by atoms with Crippen molar-refractivity contribution in [1.29, 1.82) is 0 Å². The molecule has 0 amide bonds. The first-order chi connectivity index (χ1) is 13.6. The molecule has 0 saturated carbocycles. The highest BCUT2D eigenvalue weighted by molar-refractivity contribution is 7.89. The fourth-order valence-electron chi connectivity index (χ4n) is 3.13. The van der Waals surface area contributed by atoms with Crippen molar-refractivity contribution < 1.29 is 26.0 Å². The Morgan fingerprint density at radius 2 is 1.52 bits per heavy atom. The van der Waals surface area contributed by atoms with E-state index in [0.29, 0.717) is 11.1 Å². The Kier molecular flexibility index (Phi) is 6.18. The summed E-state index contributed by atoms with van der Waals surface area (Å²) in [6.07, 6.45) is 0. The minimum atomic E-state index is -3.79. The molecule has 0 aliphatic carbocycles. The van der Waals surface area contributed by atoms with Crippen LogP contribution in [-0.4, -0.2) is 57.4 Å². The van der Waals surface area contributed by atoms with E-state index >= 15 is 0 Å². The summed E-state index contributed by atoms with van der Waals surface area (Å²) in [6.45, 7) is 1.45. The highest BCUT2D eigenvalue weighted by Gasteiger charge is 2.33. The monoisotopic (exact) mass is 440 g/mol. The molecule has 0 aromatic heterocycles. The maximum Gasteiger partial charge on any atom is 0.243 e.